The van der Waals surface area contributed by atoms with E-state index >= 15 is 0 Å². The Kier molecular flexibility index (Phi) is 1.73. The molecule has 1 nitrogen and oxygen atoms in total. The normalized spacial score (nSPS) is 13.4. The largest absolute Gasteiger partial charge is 0.355 e. The van der Waals surface area contributed by atoms with Crippen LogP contribution in [0.3, 0.4) is 0 Å². The van der Waals surface area contributed by atoms with Gasteiger partial charge < -0.3 is 5.32 Å². The van der Waals surface area contributed by atoms with Crippen molar-refractivity contribution in [2.24, 2.45) is 0 Å². The van der Waals surface area contributed by atoms with Gasteiger partial charge in [-0.3, -0.25) is 0 Å². The van der Waals surface area contributed by atoms with Crippen LogP contribution in [-0.2, 0) is 6.42 Å². The molecule has 1 aromatic rings. The van der Waals surface area contributed by atoms with Crippen molar-refractivity contribution < 1.29 is 0 Å². The van der Waals surface area contributed by atoms with E-state index in [2.05, 4.69) is 36.2 Å². The molecule has 0 saturated heterocycles. The zero-order valence-corrected chi connectivity index (χ0v) is 7.09. The first-order valence-corrected chi connectivity index (χ1v) is 4.12. The molecule has 1 N–H and O–H groups in total. The van der Waals surface area contributed by atoms with Crippen molar-refractivity contribution in [2.45, 2.75) is 13.3 Å². The highest BCUT2D eigenvalue weighted by Gasteiger charge is 2.00. The first-order valence-electron chi connectivity index (χ1n) is 4.12. The van der Waals surface area contributed by atoms with Gasteiger partial charge in [0.1, 0.15) is 0 Å². The molecule has 1 aromatic carbocycles. The molecule has 0 fully saturated rings. The molecule has 0 unspecified atom stereocenters. The maximum atomic E-state index is 3.18. The van der Waals surface area contributed by atoms with Crippen LogP contribution in [0.25, 0.3) is 0 Å². The minimum Gasteiger partial charge on any atom is -0.355 e. The summed E-state index contributed by atoms with van der Waals surface area (Å²) >= 11 is 0. The first kappa shape index (κ1) is 7.20. The number of allylic oxidation sites excluding steroid dienone is 1. The Morgan fingerprint density at radius 1 is 1.42 bits per heavy atom. The quantitative estimate of drug-likeness (QED) is 0.571. The Balaban J connectivity index is 2.48. The molecule has 0 atom stereocenters. The van der Waals surface area contributed by atoms with Gasteiger partial charge in [0.05, 0.1) is 0 Å². The Bertz CT molecular complexity index is 357. The summed E-state index contributed by atoms with van der Waals surface area (Å²) in [5.74, 6) is 0. The number of fused-ring (bicyclic) bond motifs is 1. The number of hydrogen-bond acceptors (Lipinski definition) is 1. The highest BCUT2D eigenvalue weighted by molar-refractivity contribution is 5.55. The van der Waals surface area contributed by atoms with Crippen LogP contribution in [0.4, 0.5) is 5.69 Å². The van der Waals surface area contributed by atoms with E-state index in [0.29, 0.717) is 0 Å². The van der Waals surface area contributed by atoms with Gasteiger partial charge in [0, 0.05) is 11.9 Å². The number of nitrogens with one attached hydrogen (secondary N) is 1. The van der Waals surface area contributed by atoms with Gasteiger partial charge in [-0.25, -0.2) is 0 Å². The van der Waals surface area contributed by atoms with Gasteiger partial charge >= 0.3 is 0 Å². The fraction of sp³-hybridized carbons (Fsp3) is 0.182. The van der Waals surface area contributed by atoms with Crippen LogP contribution in [0.1, 0.15) is 11.1 Å². The van der Waals surface area contributed by atoms with E-state index in [-0.39, 0.29) is 0 Å². The third-order valence-corrected chi connectivity index (χ3v) is 2.01. The van der Waals surface area contributed by atoms with E-state index in [9.17, 15) is 0 Å². The zero-order valence-electron chi connectivity index (χ0n) is 7.09. The summed E-state index contributed by atoms with van der Waals surface area (Å²) < 4.78 is 0. The fourth-order valence-electron chi connectivity index (χ4n) is 1.38. The van der Waals surface area contributed by atoms with Crippen LogP contribution in [-0.4, -0.2) is 0 Å². The van der Waals surface area contributed by atoms with E-state index in [1.807, 2.05) is 12.3 Å². The molecule has 2 rings (SSSR count). The number of rotatable bonds is 0. The topological polar surface area (TPSA) is 12.0 Å². The van der Waals surface area contributed by atoms with E-state index in [1.54, 1.807) is 0 Å². The maximum absolute atomic E-state index is 3.18. The summed E-state index contributed by atoms with van der Waals surface area (Å²) in [5.41, 5.74) is 6.90. The van der Waals surface area contributed by atoms with Gasteiger partial charge in [-0.2, -0.15) is 0 Å². The van der Waals surface area contributed by atoms with Gasteiger partial charge in [0.25, 0.3) is 0 Å². The lowest BCUT2D eigenvalue weighted by atomic mass is 10.1. The van der Waals surface area contributed by atoms with Gasteiger partial charge in [-0.05, 0) is 31.1 Å². The molecule has 0 bridgehead atoms. The standard InChI is InChI=1S/C11H11N/c1-9-5-6-11-10(8-9)4-2-3-7-12-11/h2,5-8,12H,4H2,1H3. The molecule has 60 valence electrons. The van der Waals surface area contributed by atoms with Crippen molar-refractivity contribution in [1.82, 2.24) is 0 Å². The molecule has 1 heterocycles. The molecule has 0 saturated carbocycles. The van der Waals surface area contributed by atoms with Crippen molar-refractivity contribution in [1.29, 1.82) is 0 Å². The Morgan fingerprint density at radius 2 is 2.33 bits per heavy atom. The summed E-state index contributed by atoms with van der Waals surface area (Å²) in [5, 5.41) is 3.18. The van der Waals surface area contributed by atoms with Crippen LogP contribution < -0.4 is 5.32 Å². The van der Waals surface area contributed by atoms with Crippen molar-refractivity contribution in [3.05, 3.63) is 47.3 Å². The molecule has 1 heteroatoms. The molecule has 12 heavy (non-hydrogen) atoms. The summed E-state index contributed by atoms with van der Waals surface area (Å²) in [6.45, 7) is 2.11. The Labute approximate surface area is 72.4 Å². The highest BCUT2D eigenvalue weighted by atomic mass is 14.8. The van der Waals surface area contributed by atoms with E-state index in [0.717, 1.165) is 6.42 Å². The maximum Gasteiger partial charge on any atom is 0.0438 e. The first-order chi connectivity index (χ1) is 5.86. The third-order valence-electron chi connectivity index (χ3n) is 2.01. The average Bonchev–Trinajstić information content (AvgIpc) is 2.28. The highest BCUT2D eigenvalue weighted by Crippen LogP contribution is 2.19. The number of aryl methyl sites for hydroxylation is 1. The van der Waals surface area contributed by atoms with Crippen molar-refractivity contribution in [3.8, 4) is 0 Å². The molecule has 0 aliphatic carbocycles. The molecule has 1 aliphatic heterocycles. The second kappa shape index (κ2) is 2.88. The third kappa shape index (κ3) is 1.27. The number of anilines is 1. The van der Waals surface area contributed by atoms with Crippen LogP contribution in [0.15, 0.2) is 36.2 Å². The van der Waals surface area contributed by atoms with Gasteiger partial charge in [0.2, 0.25) is 0 Å². The van der Waals surface area contributed by atoms with E-state index < -0.39 is 0 Å². The lowest BCUT2D eigenvalue weighted by molar-refractivity contribution is 1.26. The van der Waals surface area contributed by atoms with Crippen LogP contribution in [0.5, 0.6) is 0 Å². The summed E-state index contributed by atoms with van der Waals surface area (Å²) in [6, 6.07) is 6.44. The van der Waals surface area contributed by atoms with Crippen molar-refractivity contribution in [3.63, 3.8) is 0 Å². The predicted octanol–water partition coefficient (Wildman–Crippen LogP) is 2.63. The fourth-order valence-corrected chi connectivity index (χ4v) is 1.38. The molecule has 0 aromatic heterocycles. The monoisotopic (exact) mass is 157 g/mol. The van der Waals surface area contributed by atoms with Crippen LogP contribution in [0.2, 0.25) is 0 Å². The minimum atomic E-state index is 0.973. The molecular formula is C11H11N. The number of hydrogen-bond donors (Lipinski definition) is 1. The SMILES string of the molecule is Cc1ccc2c(c1)CC=C=CN2. The summed E-state index contributed by atoms with van der Waals surface area (Å²) in [4.78, 5) is 0. The average molecular weight is 157 g/mol. The number of benzene rings is 1. The predicted molar refractivity (Wildman–Crippen MR) is 51.2 cm³/mol. The van der Waals surface area contributed by atoms with Crippen LogP contribution >= 0.6 is 0 Å². The van der Waals surface area contributed by atoms with Gasteiger partial charge in [-0.15, -0.1) is 5.73 Å². The molecular weight excluding hydrogens is 146 g/mol. The zero-order chi connectivity index (χ0) is 8.39. The summed E-state index contributed by atoms with van der Waals surface area (Å²) in [7, 11) is 0. The van der Waals surface area contributed by atoms with E-state index in [4.69, 9.17) is 0 Å². The van der Waals surface area contributed by atoms with Crippen LogP contribution in [0, 0.1) is 6.92 Å². The second-order valence-corrected chi connectivity index (χ2v) is 3.02. The molecule has 1 aliphatic rings. The molecule has 0 spiro atoms. The van der Waals surface area contributed by atoms with Gasteiger partial charge in [-0.1, -0.05) is 17.7 Å². The summed E-state index contributed by atoms with van der Waals surface area (Å²) in [6.07, 6.45) is 4.86. The Morgan fingerprint density at radius 3 is 3.25 bits per heavy atom. The van der Waals surface area contributed by atoms with Crippen molar-refractivity contribution in [2.75, 3.05) is 5.32 Å². The lowest BCUT2D eigenvalue weighted by Crippen LogP contribution is -1.91. The molecule has 0 radical (unpaired) electrons. The van der Waals surface area contributed by atoms with Gasteiger partial charge in [0.15, 0.2) is 0 Å². The van der Waals surface area contributed by atoms with E-state index in [1.165, 1.54) is 16.8 Å². The minimum absolute atomic E-state index is 0.973. The molecule has 0 amide bonds. The lowest BCUT2D eigenvalue weighted by Gasteiger charge is -2.06. The Hall–Kier alpha value is -1.46. The van der Waals surface area contributed by atoms with Crippen molar-refractivity contribution >= 4 is 5.69 Å². The second-order valence-electron chi connectivity index (χ2n) is 3.02. The smallest absolute Gasteiger partial charge is 0.0438 e.